The van der Waals surface area contributed by atoms with E-state index in [1.165, 1.54) is 43.5 Å². The fraction of sp³-hybridized carbons (Fsp3) is 0.0769. The van der Waals surface area contributed by atoms with E-state index in [1.807, 2.05) is 0 Å². The van der Waals surface area contributed by atoms with Crippen LogP contribution >= 0.6 is 0 Å². The highest BCUT2D eigenvalue weighted by Crippen LogP contribution is 2.22. The lowest BCUT2D eigenvalue weighted by Gasteiger charge is -2.10. The van der Waals surface area contributed by atoms with Gasteiger partial charge in [0.05, 0.1) is 17.7 Å². The van der Waals surface area contributed by atoms with Gasteiger partial charge in [-0.05, 0) is 42.5 Å². The number of halogens is 1. The second-order valence-corrected chi connectivity index (χ2v) is 5.70. The van der Waals surface area contributed by atoms with Crippen LogP contribution in [0, 0.1) is 5.82 Å². The molecule has 0 saturated carbocycles. The standard InChI is InChI=1S/C13H13FN2O3S/c1-19-10-3-5-11(6-4-10)20(17,18)16-13-8-9(15)2-7-12(13)14/h2-8,16H,15H2,1H3. The summed E-state index contributed by atoms with van der Waals surface area (Å²) in [7, 11) is -2.40. The van der Waals surface area contributed by atoms with Crippen molar-refractivity contribution in [2.24, 2.45) is 0 Å². The Balaban J connectivity index is 2.32. The first kappa shape index (κ1) is 14.1. The van der Waals surface area contributed by atoms with Crippen LogP contribution in [0.2, 0.25) is 0 Å². The lowest BCUT2D eigenvalue weighted by Crippen LogP contribution is -2.14. The fourth-order valence-corrected chi connectivity index (χ4v) is 2.64. The van der Waals surface area contributed by atoms with Crippen LogP contribution in [0.4, 0.5) is 15.8 Å². The van der Waals surface area contributed by atoms with Crippen molar-refractivity contribution in [2.45, 2.75) is 4.90 Å². The Morgan fingerprint density at radius 3 is 2.40 bits per heavy atom. The summed E-state index contributed by atoms with van der Waals surface area (Å²) in [6, 6.07) is 9.41. The van der Waals surface area contributed by atoms with Gasteiger partial charge in [0.1, 0.15) is 11.6 Å². The van der Waals surface area contributed by atoms with Gasteiger partial charge >= 0.3 is 0 Å². The second-order valence-electron chi connectivity index (χ2n) is 4.02. The van der Waals surface area contributed by atoms with Crippen molar-refractivity contribution in [1.29, 1.82) is 0 Å². The smallest absolute Gasteiger partial charge is 0.261 e. The second kappa shape index (κ2) is 5.38. The molecule has 0 amide bonds. The van der Waals surface area contributed by atoms with Crippen LogP contribution in [0.5, 0.6) is 5.75 Å². The first-order valence-electron chi connectivity index (χ1n) is 5.64. The van der Waals surface area contributed by atoms with Gasteiger partial charge in [-0.15, -0.1) is 0 Å². The number of hydrogen-bond acceptors (Lipinski definition) is 4. The number of methoxy groups -OCH3 is 1. The van der Waals surface area contributed by atoms with Gasteiger partial charge in [0, 0.05) is 5.69 Å². The first-order chi connectivity index (χ1) is 9.42. The molecule has 0 atom stereocenters. The quantitative estimate of drug-likeness (QED) is 0.848. The zero-order valence-corrected chi connectivity index (χ0v) is 11.4. The summed E-state index contributed by atoms with van der Waals surface area (Å²) in [6.45, 7) is 0. The molecule has 2 rings (SSSR count). The molecule has 106 valence electrons. The van der Waals surface area contributed by atoms with E-state index >= 15 is 0 Å². The molecule has 3 N–H and O–H groups in total. The molecule has 0 unspecified atom stereocenters. The number of rotatable bonds is 4. The molecule has 0 aliphatic carbocycles. The third kappa shape index (κ3) is 3.00. The third-order valence-electron chi connectivity index (χ3n) is 2.60. The van der Waals surface area contributed by atoms with E-state index in [1.54, 1.807) is 0 Å². The molecule has 0 radical (unpaired) electrons. The van der Waals surface area contributed by atoms with Gasteiger partial charge in [-0.3, -0.25) is 4.72 Å². The highest BCUT2D eigenvalue weighted by atomic mass is 32.2. The number of hydrogen-bond donors (Lipinski definition) is 2. The maximum Gasteiger partial charge on any atom is 0.261 e. The zero-order chi connectivity index (χ0) is 14.8. The number of ether oxygens (including phenoxy) is 1. The number of nitrogen functional groups attached to an aromatic ring is 1. The van der Waals surface area contributed by atoms with Gasteiger partial charge in [0.2, 0.25) is 0 Å². The summed E-state index contributed by atoms with van der Waals surface area (Å²) in [4.78, 5) is 0.000115. The summed E-state index contributed by atoms with van der Waals surface area (Å²) in [5.41, 5.74) is 5.57. The summed E-state index contributed by atoms with van der Waals surface area (Å²) >= 11 is 0. The molecule has 5 nitrogen and oxygen atoms in total. The number of sulfonamides is 1. The van der Waals surface area contributed by atoms with Gasteiger partial charge in [-0.1, -0.05) is 0 Å². The lowest BCUT2D eigenvalue weighted by atomic mass is 10.3. The van der Waals surface area contributed by atoms with Crippen molar-refractivity contribution in [3.05, 3.63) is 48.3 Å². The van der Waals surface area contributed by atoms with E-state index < -0.39 is 15.8 Å². The van der Waals surface area contributed by atoms with Crippen molar-refractivity contribution < 1.29 is 17.5 Å². The highest BCUT2D eigenvalue weighted by molar-refractivity contribution is 7.92. The summed E-state index contributed by atoms with van der Waals surface area (Å²) in [5, 5.41) is 0. The van der Waals surface area contributed by atoms with Crippen LogP contribution in [0.25, 0.3) is 0 Å². The van der Waals surface area contributed by atoms with E-state index in [0.717, 1.165) is 6.07 Å². The summed E-state index contributed by atoms with van der Waals surface area (Å²) in [5.74, 6) is -0.171. The number of nitrogens with one attached hydrogen (secondary N) is 1. The van der Waals surface area contributed by atoms with Gasteiger partial charge < -0.3 is 10.5 Å². The minimum atomic E-state index is -3.88. The van der Waals surface area contributed by atoms with Crippen molar-refractivity contribution in [3.8, 4) is 5.75 Å². The Hall–Kier alpha value is -2.28. The minimum absolute atomic E-state index is 0.000115. The topological polar surface area (TPSA) is 81.4 Å². The molecule has 0 heterocycles. The maximum atomic E-state index is 13.5. The SMILES string of the molecule is COc1ccc(S(=O)(=O)Nc2cc(N)ccc2F)cc1. The third-order valence-corrected chi connectivity index (χ3v) is 3.99. The van der Waals surface area contributed by atoms with Crippen LogP contribution in [-0.2, 0) is 10.0 Å². The molecule has 0 fully saturated rings. The Kier molecular flexibility index (Phi) is 3.80. The Labute approximate surface area is 116 Å². The van der Waals surface area contributed by atoms with Gasteiger partial charge in [0.15, 0.2) is 0 Å². The van der Waals surface area contributed by atoms with Gasteiger partial charge in [-0.25, -0.2) is 12.8 Å². The number of anilines is 2. The molecule has 2 aromatic carbocycles. The van der Waals surface area contributed by atoms with Crippen molar-refractivity contribution in [2.75, 3.05) is 17.6 Å². The molecule has 0 aliphatic heterocycles. The molecule has 0 spiro atoms. The first-order valence-corrected chi connectivity index (χ1v) is 7.12. The van der Waals surface area contributed by atoms with E-state index in [0.29, 0.717) is 5.75 Å². The molecule has 7 heteroatoms. The monoisotopic (exact) mass is 296 g/mol. The van der Waals surface area contributed by atoms with E-state index in [4.69, 9.17) is 10.5 Å². The van der Waals surface area contributed by atoms with Crippen LogP contribution in [0.15, 0.2) is 47.4 Å². The molecular weight excluding hydrogens is 283 g/mol. The largest absolute Gasteiger partial charge is 0.497 e. The molecule has 20 heavy (non-hydrogen) atoms. The van der Waals surface area contributed by atoms with E-state index in [9.17, 15) is 12.8 Å². The Morgan fingerprint density at radius 1 is 1.15 bits per heavy atom. The Morgan fingerprint density at radius 2 is 1.80 bits per heavy atom. The average molecular weight is 296 g/mol. The fourth-order valence-electron chi connectivity index (χ4n) is 1.58. The van der Waals surface area contributed by atoms with Crippen LogP contribution in [-0.4, -0.2) is 15.5 Å². The highest BCUT2D eigenvalue weighted by Gasteiger charge is 2.16. The van der Waals surface area contributed by atoms with Crippen molar-refractivity contribution in [3.63, 3.8) is 0 Å². The normalized spacial score (nSPS) is 11.1. The van der Waals surface area contributed by atoms with Gasteiger partial charge in [0.25, 0.3) is 10.0 Å². The average Bonchev–Trinajstić information content (AvgIpc) is 2.43. The predicted molar refractivity (Wildman–Crippen MR) is 74.6 cm³/mol. The van der Waals surface area contributed by atoms with E-state index in [-0.39, 0.29) is 16.3 Å². The van der Waals surface area contributed by atoms with E-state index in [2.05, 4.69) is 4.72 Å². The lowest BCUT2D eigenvalue weighted by molar-refractivity contribution is 0.414. The Bertz CT molecular complexity index is 715. The predicted octanol–water partition coefficient (Wildman–Crippen LogP) is 2.22. The molecule has 0 aliphatic rings. The molecule has 0 aromatic heterocycles. The molecule has 0 saturated heterocycles. The van der Waals surface area contributed by atoms with Crippen LogP contribution in [0.1, 0.15) is 0 Å². The minimum Gasteiger partial charge on any atom is -0.497 e. The molecular formula is C13H13FN2O3S. The number of benzene rings is 2. The van der Waals surface area contributed by atoms with Crippen molar-refractivity contribution >= 4 is 21.4 Å². The molecule has 2 aromatic rings. The number of nitrogens with two attached hydrogens (primary N) is 1. The van der Waals surface area contributed by atoms with Crippen molar-refractivity contribution in [1.82, 2.24) is 0 Å². The van der Waals surface area contributed by atoms with Crippen LogP contribution in [0.3, 0.4) is 0 Å². The molecule has 0 bridgehead atoms. The maximum absolute atomic E-state index is 13.5. The summed E-state index contributed by atoms with van der Waals surface area (Å²) in [6.07, 6.45) is 0. The van der Waals surface area contributed by atoms with Gasteiger partial charge in [-0.2, -0.15) is 0 Å². The van der Waals surface area contributed by atoms with Crippen LogP contribution < -0.4 is 15.2 Å². The summed E-state index contributed by atoms with van der Waals surface area (Å²) < 4.78 is 44.8. The zero-order valence-electron chi connectivity index (χ0n) is 10.6.